The van der Waals surface area contributed by atoms with E-state index in [1.54, 1.807) is 13.8 Å². The van der Waals surface area contributed by atoms with Gasteiger partial charge in [-0.25, -0.2) is 0 Å². The van der Waals surface area contributed by atoms with Crippen LogP contribution in [0.3, 0.4) is 0 Å². The Labute approximate surface area is 187 Å². The number of fused-ring (bicyclic) bond motifs is 1. The van der Waals surface area contributed by atoms with Crippen molar-refractivity contribution in [2.24, 2.45) is 0 Å². The molecule has 1 aliphatic heterocycles. The molecule has 2 aromatic carbocycles. The Morgan fingerprint density at radius 3 is 2.58 bits per heavy atom. The Balaban J connectivity index is 1.58. The van der Waals surface area contributed by atoms with Crippen molar-refractivity contribution in [2.45, 2.75) is 32.8 Å². The molecule has 5 nitrogen and oxygen atoms in total. The highest BCUT2D eigenvalue weighted by Crippen LogP contribution is 2.36. The first kappa shape index (κ1) is 21.3. The van der Waals surface area contributed by atoms with Crippen LogP contribution in [0.5, 0.6) is 5.75 Å². The lowest BCUT2D eigenvalue weighted by molar-refractivity contribution is 0.0786. The molecule has 4 rings (SSSR count). The molecule has 31 heavy (non-hydrogen) atoms. The predicted octanol–water partition coefficient (Wildman–Crippen LogP) is 4.65. The van der Waals surface area contributed by atoms with Crippen molar-refractivity contribution in [1.29, 1.82) is 0 Å². The Hall–Kier alpha value is -2.89. The smallest absolute Gasteiger partial charge is 0.255 e. The molecule has 0 atom stereocenters. The van der Waals surface area contributed by atoms with Crippen LogP contribution in [0.15, 0.2) is 48.7 Å². The number of ether oxygens (including phenoxy) is 1. The van der Waals surface area contributed by atoms with Gasteiger partial charge in [-0.2, -0.15) is 0 Å². The van der Waals surface area contributed by atoms with Crippen LogP contribution in [0.2, 0.25) is 5.02 Å². The third-order valence-electron chi connectivity index (χ3n) is 5.56. The maximum absolute atomic E-state index is 12.4. The van der Waals surface area contributed by atoms with Gasteiger partial charge >= 0.3 is 0 Å². The molecule has 2 N–H and O–H groups in total. The molecule has 0 radical (unpaired) electrons. The standard InChI is InChI=1S/C25H25ClN2O3/c1-15-18(13-20-23(22(15)26)31-11-10-27-24(20)29)12-16-4-9-21(28-14-16)17-5-7-19(8-6-17)25(2,3)30/h4-9,13-14,30H,10-12H2,1-3H3,(H,27,29). The number of carbonyl (C=O) groups excluding carboxylic acids is 1. The maximum Gasteiger partial charge on any atom is 0.255 e. The Morgan fingerprint density at radius 1 is 1.19 bits per heavy atom. The van der Waals surface area contributed by atoms with Gasteiger partial charge in [0.15, 0.2) is 5.75 Å². The summed E-state index contributed by atoms with van der Waals surface area (Å²) in [5, 5.41) is 13.4. The number of aliphatic hydroxyl groups is 1. The third-order valence-corrected chi connectivity index (χ3v) is 6.01. The van der Waals surface area contributed by atoms with Gasteiger partial charge in [0.25, 0.3) is 5.91 Å². The Kier molecular flexibility index (Phi) is 5.73. The molecule has 1 aromatic heterocycles. The SMILES string of the molecule is Cc1c(Cc2ccc(-c3ccc(C(C)(C)O)cc3)nc2)cc2c(c1Cl)OCCNC2=O. The summed E-state index contributed by atoms with van der Waals surface area (Å²) < 4.78 is 5.69. The van der Waals surface area contributed by atoms with E-state index in [0.717, 1.165) is 33.5 Å². The van der Waals surface area contributed by atoms with Crippen LogP contribution >= 0.6 is 11.6 Å². The van der Waals surface area contributed by atoms with Gasteiger partial charge in [-0.05, 0) is 61.6 Å². The average molecular weight is 437 g/mol. The average Bonchev–Trinajstić information content (AvgIpc) is 2.93. The van der Waals surface area contributed by atoms with Gasteiger partial charge in [0.1, 0.15) is 6.61 Å². The first-order chi connectivity index (χ1) is 14.7. The topological polar surface area (TPSA) is 71.5 Å². The number of nitrogens with one attached hydrogen (secondary N) is 1. The van der Waals surface area contributed by atoms with Gasteiger partial charge in [0, 0.05) is 11.8 Å². The van der Waals surface area contributed by atoms with E-state index in [1.807, 2.05) is 55.6 Å². The van der Waals surface area contributed by atoms with Gasteiger partial charge < -0.3 is 15.2 Å². The number of nitrogens with zero attached hydrogens (tertiary/aromatic N) is 1. The van der Waals surface area contributed by atoms with E-state index in [4.69, 9.17) is 16.3 Å². The monoisotopic (exact) mass is 436 g/mol. The van der Waals surface area contributed by atoms with Crippen LogP contribution in [0.25, 0.3) is 11.3 Å². The number of hydrogen-bond donors (Lipinski definition) is 2. The number of halogens is 1. The van der Waals surface area contributed by atoms with Crippen molar-refractivity contribution in [1.82, 2.24) is 10.3 Å². The minimum atomic E-state index is -0.870. The zero-order valence-electron chi connectivity index (χ0n) is 17.8. The fraction of sp³-hybridized carbons (Fsp3) is 0.280. The number of pyridine rings is 1. The fourth-order valence-electron chi connectivity index (χ4n) is 3.65. The number of carbonyl (C=O) groups is 1. The number of hydrogen-bond acceptors (Lipinski definition) is 4. The lowest BCUT2D eigenvalue weighted by Crippen LogP contribution is -2.24. The number of rotatable bonds is 4. The molecule has 6 heteroatoms. The molecular formula is C25H25ClN2O3. The molecule has 0 bridgehead atoms. The zero-order valence-corrected chi connectivity index (χ0v) is 18.6. The molecule has 160 valence electrons. The summed E-state index contributed by atoms with van der Waals surface area (Å²) in [5.41, 5.74) is 5.19. The molecule has 1 aliphatic rings. The minimum absolute atomic E-state index is 0.168. The highest BCUT2D eigenvalue weighted by molar-refractivity contribution is 6.33. The van der Waals surface area contributed by atoms with E-state index in [-0.39, 0.29) is 5.91 Å². The molecular weight excluding hydrogens is 412 g/mol. The highest BCUT2D eigenvalue weighted by Gasteiger charge is 2.23. The van der Waals surface area contributed by atoms with E-state index in [9.17, 15) is 9.90 Å². The summed E-state index contributed by atoms with van der Waals surface area (Å²) in [6, 6.07) is 13.6. The van der Waals surface area contributed by atoms with Gasteiger partial charge in [0.2, 0.25) is 0 Å². The molecule has 0 unspecified atom stereocenters. The Bertz CT molecular complexity index is 1120. The minimum Gasteiger partial charge on any atom is -0.489 e. The van der Waals surface area contributed by atoms with Crippen molar-refractivity contribution < 1.29 is 14.6 Å². The second-order valence-electron chi connectivity index (χ2n) is 8.32. The van der Waals surface area contributed by atoms with Crippen molar-refractivity contribution in [2.75, 3.05) is 13.2 Å². The lowest BCUT2D eigenvalue weighted by Gasteiger charge is -2.17. The number of amides is 1. The molecule has 3 aromatic rings. The predicted molar refractivity (Wildman–Crippen MR) is 122 cm³/mol. The first-order valence-corrected chi connectivity index (χ1v) is 10.6. The molecule has 1 amide bonds. The second-order valence-corrected chi connectivity index (χ2v) is 8.70. The largest absolute Gasteiger partial charge is 0.489 e. The lowest BCUT2D eigenvalue weighted by atomic mass is 9.96. The van der Waals surface area contributed by atoms with E-state index >= 15 is 0 Å². The molecule has 0 saturated carbocycles. The summed E-state index contributed by atoms with van der Waals surface area (Å²) in [5.74, 6) is 0.291. The van der Waals surface area contributed by atoms with Crippen LogP contribution in [0, 0.1) is 6.92 Å². The molecule has 0 saturated heterocycles. The van der Waals surface area contributed by atoms with Crippen molar-refractivity contribution in [3.63, 3.8) is 0 Å². The number of benzene rings is 2. The molecule has 0 fully saturated rings. The van der Waals surface area contributed by atoms with E-state index < -0.39 is 5.60 Å². The normalized spacial score (nSPS) is 13.8. The maximum atomic E-state index is 12.4. The van der Waals surface area contributed by atoms with Crippen LogP contribution in [-0.4, -0.2) is 29.1 Å². The van der Waals surface area contributed by atoms with Crippen LogP contribution in [0.4, 0.5) is 0 Å². The van der Waals surface area contributed by atoms with Crippen LogP contribution in [-0.2, 0) is 12.0 Å². The second kappa shape index (κ2) is 8.33. The quantitative estimate of drug-likeness (QED) is 0.624. The third kappa shape index (κ3) is 4.43. The van der Waals surface area contributed by atoms with E-state index in [1.165, 1.54) is 0 Å². The van der Waals surface area contributed by atoms with Crippen LogP contribution in [0.1, 0.15) is 46.5 Å². The molecule has 0 spiro atoms. The van der Waals surface area contributed by atoms with Gasteiger partial charge in [-0.3, -0.25) is 9.78 Å². The van der Waals surface area contributed by atoms with E-state index in [2.05, 4.69) is 10.3 Å². The summed E-state index contributed by atoms with van der Waals surface area (Å²) in [4.78, 5) is 17.0. The number of aromatic nitrogens is 1. The van der Waals surface area contributed by atoms with Gasteiger partial charge in [0.05, 0.1) is 28.4 Å². The van der Waals surface area contributed by atoms with Crippen molar-refractivity contribution >= 4 is 17.5 Å². The van der Waals surface area contributed by atoms with E-state index in [0.29, 0.717) is 35.9 Å². The summed E-state index contributed by atoms with van der Waals surface area (Å²) in [6.07, 6.45) is 2.45. The summed E-state index contributed by atoms with van der Waals surface area (Å²) in [6.45, 7) is 6.33. The first-order valence-electron chi connectivity index (χ1n) is 10.3. The highest BCUT2D eigenvalue weighted by atomic mass is 35.5. The zero-order chi connectivity index (χ0) is 22.2. The molecule has 2 heterocycles. The van der Waals surface area contributed by atoms with Crippen LogP contribution < -0.4 is 10.1 Å². The van der Waals surface area contributed by atoms with Crippen molar-refractivity contribution in [3.8, 4) is 17.0 Å². The molecule has 0 aliphatic carbocycles. The van der Waals surface area contributed by atoms with Gasteiger partial charge in [-0.1, -0.05) is 41.9 Å². The van der Waals surface area contributed by atoms with Crippen molar-refractivity contribution in [3.05, 3.63) is 81.5 Å². The van der Waals surface area contributed by atoms with Gasteiger partial charge in [-0.15, -0.1) is 0 Å². The summed E-state index contributed by atoms with van der Waals surface area (Å²) in [7, 11) is 0. The fourth-order valence-corrected chi connectivity index (χ4v) is 3.93. The summed E-state index contributed by atoms with van der Waals surface area (Å²) >= 11 is 6.53. The Morgan fingerprint density at radius 2 is 1.94 bits per heavy atom.